The van der Waals surface area contributed by atoms with E-state index in [1.165, 1.54) is 36.4 Å². The van der Waals surface area contributed by atoms with Gasteiger partial charge in [-0.2, -0.15) is 4.39 Å². The van der Waals surface area contributed by atoms with E-state index >= 15 is 0 Å². The summed E-state index contributed by atoms with van der Waals surface area (Å²) in [6.07, 6.45) is 9.14. The van der Waals surface area contributed by atoms with Gasteiger partial charge in [-0.05, 0) is 62.1 Å². The van der Waals surface area contributed by atoms with Crippen LogP contribution < -0.4 is 4.74 Å². The maximum atomic E-state index is 15.0. The maximum Gasteiger partial charge on any atom is 0.201 e. The van der Waals surface area contributed by atoms with Crippen molar-refractivity contribution < 1.29 is 22.3 Å². The Hall–Kier alpha value is -4.00. The normalized spacial score (nSPS) is 11.3. The zero-order valence-corrected chi connectivity index (χ0v) is 19.9. The van der Waals surface area contributed by atoms with E-state index < -0.39 is 23.3 Å². The quantitative estimate of drug-likeness (QED) is 0.185. The Balaban J connectivity index is 1.59. The summed E-state index contributed by atoms with van der Waals surface area (Å²) in [5.41, 5.74) is 1.46. The third-order valence-corrected chi connectivity index (χ3v) is 5.68. The minimum atomic E-state index is -1.14. The molecule has 0 aliphatic rings. The number of halogens is 4. The van der Waals surface area contributed by atoms with Crippen molar-refractivity contribution in [1.29, 1.82) is 0 Å². The van der Waals surface area contributed by atoms with Crippen LogP contribution in [-0.2, 0) is 6.42 Å². The summed E-state index contributed by atoms with van der Waals surface area (Å²) >= 11 is 0. The lowest BCUT2D eigenvalue weighted by atomic mass is 9.98. The van der Waals surface area contributed by atoms with Gasteiger partial charge in [0, 0.05) is 34.6 Å². The minimum absolute atomic E-state index is 0.00476. The Morgan fingerprint density at radius 3 is 2.00 bits per heavy atom. The molecule has 1 heterocycles. The first kappa shape index (κ1) is 25.1. The van der Waals surface area contributed by atoms with Crippen LogP contribution in [0.5, 0.6) is 5.75 Å². The molecular weight excluding hydrogens is 468 g/mol. The predicted octanol–water partition coefficient (Wildman–Crippen LogP) is 7.94. The first-order valence-corrected chi connectivity index (χ1v) is 11.6. The largest absolute Gasteiger partial charge is 0.491 e. The Kier molecular flexibility index (Phi) is 7.78. The molecule has 4 rings (SSSR count). The lowest BCUT2D eigenvalue weighted by molar-refractivity contribution is 0.314. The molecule has 3 nitrogen and oxygen atoms in total. The SMILES string of the molecule is CC=CCCc1cnc(-c2ccc(-c3ccc(-c4ccc(OCC)c(F)c4F)cc3F)c(F)c2)nc1. The van der Waals surface area contributed by atoms with E-state index in [1.54, 1.807) is 25.4 Å². The molecule has 0 aliphatic heterocycles. The van der Waals surface area contributed by atoms with Crippen molar-refractivity contribution in [3.63, 3.8) is 0 Å². The monoisotopic (exact) mass is 492 g/mol. The van der Waals surface area contributed by atoms with E-state index in [1.807, 2.05) is 13.0 Å². The van der Waals surface area contributed by atoms with Crippen molar-refractivity contribution in [3.05, 3.63) is 102 Å². The van der Waals surface area contributed by atoms with Gasteiger partial charge in [-0.3, -0.25) is 0 Å². The van der Waals surface area contributed by atoms with Crippen molar-refractivity contribution in [2.24, 2.45) is 0 Å². The molecule has 184 valence electrons. The lowest BCUT2D eigenvalue weighted by Gasteiger charge is -2.11. The zero-order valence-electron chi connectivity index (χ0n) is 19.9. The molecule has 36 heavy (non-hydrogen) atoms. The second kappa shape index (κ2) is 11.2. The van der Waals surface area contributed by atoms with E-state index in [2.05, 4.69) is 16.0 Å². The van der Waals surface area contributed by atoms with Crippen molar-refractivity contribution in [2.75, 3.05) is 6.61 Å². The molecule has 0 bridgehead atoms. The van der Waals surface area contributed by atoms with Gasteiger partial charge in [0.1, 0.15) is 11.6 Å². The van der Waals surface area contributed by atoms with Crippen molar-refractivity contribution in [2.45, 2.75) is 26.7 Å². The van der Waals surface area contributed by atoms with Crippen LogP contribution in [0.2, 0.25) is 0 Å². The van der Waals surface area contributed by atoms with Crippen LogP contribution in [0, 0.1) is 23.3 Å². The van der Waals surface area contributed by atoms with Crippen molar-refractivity contribution >= 4 is 0 Å². The first-order valence-electron chi connectivity index (χ1n) is 11.6. The summed E-state index contributed by atoms with van der Waals surface area (Å²) in [5.74, 6) is -3.57. The van der Waals surface area contributed by atoms with Crippen LogP contribution in [0.4, 0.5) is 17.6 Å². The Bertz CT molecular complexity index is 1400. The van der Waals surface area contributed by atoms with Crippen LogP contribution in [0.1, 0.15) is 25.8 Å². The van der Waals surface area contributed by atoms with Gasteiger partial charge < -0.3 is 4.74 Å². The van der Waals surface area contributed by atoms with Gasteiger partial charge in [0.25, 0.3) is 0 Å². The molecule has 0 radical (unpaired) electrons. The van der Waals surface area contributed by atoms with Crippen LogP contribution in [-0.4, -0.2) is 16.6 Å². The molecule has 1 aromatic heterocycles. The predicted molar refractivity (Wildman–Crippen MR) is 132 cm³/mol. The smallest absolute Gasteiger partial charge is 0.201 e. The third-order valence-electron chi connectivity index (χ3n) is 5.68. The third kappa shape index (κ3) is 5.30. The van der Waals surface area contributed by atoms with Crippen molar-refractivity contribution in [1.82, 2.24) is 9.97 Å². The summed E-state index contributed by atoms with van der Waals surface area (Å²) in [6.45, 7) is 3.79. The van der Waals surface area contributed by atoms with Crippen LogP contribution in [0.3, 0.4) is 0 Å². The highest BCUT2D eigenvalue weighted by Gasteiger charge is 2.18. The second-order valence-corrected chi connectivity index (χ2v) is 8.08. The van der Waals surface area contributed by atoms with E-state index in [4.69, 9.17) is 4.74 Å². The molecule has 0 unspecified atom stereocenters. The molecule has 7 heteroatoms. The van der Waals surface area contributed by atoms with Crippen LogP contribution in [0.25, 0.3) is 33.6 Å². The Labute approximate surface area is 207 Å². The average Bonchev–Trinajstić information content (AvgIpc) is 2.88. The van der Waals surface area contributed by atoms with Crippen molar-refractivity contribution in [3.8, 4) is 39.4 Å². The molecule has 4 aromatic rings. The summed E-state index contributed by atoms with van der Waals surface area (Å²) in [5, 5.41) is 0. The fourth-order valence-corrected chi connectivity index (χ4v) is 3.84. The highest BCUT2D eigenvalue weighted by Crippen LogP contribution is 2.34. The van der Waals surface area contributed by atoms with E-state index in [-0.39, 0.29) is 34.6 Å². The van der Waals surface area contributed by atoms with E-state index in [0.717, 1.165) is 24.5 Å². The van der Waals surface area contributed by atoms with Gasteiger partial charge in [-0.1, -0.05) is 36.4 Å². The summed E-state index contributed by atoms with van der Waals surface area (Å²) < 4.78 is 63.8. The minimum Gasteiger partial charge on any atom is -0.491 e. The average molecular weight is 493 g/mol. The van der Waals surface area contributed by atoms with Gasteiger partial charge in [0.05, 0.1) is 6.61 Å². The molecule has 0 aliphatic carbocycles. The second-order valence-electron chi connectivity index (χ2n) is 8.08. The van der Waals surface area contributed by atoms with Crippen LogP contribution >= 0.6 is 0 Å². The Morgan fingerprint density at radius 1 is 0.778 bits per heavy atom. The number of allylic oxidation sites excluding steroid dienone is 2. The topological polar surface area (TPSA) is 35.0 Å². The lowest BCUT2D eigenvalue weighted by Crippen LogP contribution is -1.99. The number of nitrogens with zero attached hydrogens (tertiary/aromatic N) is 2. The van der Waals surface area contributed by atoms with Gasteiger partial charge in [0.2, 0.25) is 5.82 Å². The molecule has 0 spiro atoms. The molecular formula is C29H24F4N2O. The van der Waals surface area contributed by atoms with Gasteiger partial charge in [-0.25, -0.2) is 23.1 Å². The van der Waals surface area contributed by atoms with Crippen LogP contribution in [0.15, 0.2) is 73.1 Å². The summed E-state index contributed by atoms with van der Waals surface area (Å²) in [4.78, 5) is 8.63. The molecule has 0 N–H and O–H groups in total. The number of aryl methyl sites for hydroxylation is 1. The molecule has 0 fully saturated rings. The fraction of sp³-hybridized carbons (Fsp3) is 0.172. The molecule has 0 amide bonds. The van der Waals surface area contributed by atoms with Gasteiger partial charge >= 0.3 is 0 Å². The summed E-state index contributed by atoms with van der Waals surface area (Å²) in [7, 11) is 0. The standard InChI is InChI=1S/C29H24F4N2O/c1-3-5-6-7-18-16-34-29(35-17-18)20-9-11-23(25(31)15-20)22-10-8-19(14-24(22)30)21-12-13-26(36-4-2)28(33)27(21)32/h3,5,8-17H,4,6-7H2,1-2H3. The van der Waals surface area contributed by atoms with Gasteiger partial charge in [0.15, 0.2) is 17.4 Å². The molecule has 0 saturated heterocycles. The number of ether oxygens (including phenoxy) is 1. The van der Waals surface area contributed by atoms with E-state index in [0.29, 0.717) is 11.4 Å². The summed E-state index contributed by atoms with van der Waals surface area (Å²) in [6, 6.07) is 10.7. The molecule has 0 atom stereocenters. The zero-order chi connectivity index (χ0) is 25.7. The highest BCUT2D eigenvalue weighted by atomic mass is 19.2. The van der Waals surface area contributed by atoms with Gasteiger partial charge in [-0.15, -0.1) is 0 Å². The number of hydrogen-bond donors (Lipinski definition) is 0. The number of rotatable bonds is 8. The number of aromatic nitrogens is 2. The Morgan fingerprint density at radius 2 is 1.39 bits per heavy atom. The highest BCUT2D eigenvalue weighted by molar-refractivity contribution is 5.73. The molecule has 0 saturated carbocycles. The maximum absolute atomic E-state index is 15.0. The molecule has 3 aromatic carbocycles. The fourth-order valence-electron chi connectivity index (χ4n) is 3.84. The number of hydrogen-bond acceptors (Lipinski definition) is 3. The number of benzene rings is 3. The first-order chi connectivity index (χ1) is 17.4. The van der Waals surface area contributed by atoms with E-state index in [9.17, 15) is 17.6 Å².